The maximum absolute atomic E-state index is 10.8. The lowest BCUT2D eigenvalue weighted by Gasteiger charge is -2.29. The zero-order chi connectivity index (χ0) is 18.4. The Bertz CT molecular complexity index is 852. The summed E-state index contributed by atoms with van der Waals surface area (Å²) in [4.78, 5) is 16.7. The van der Waals surface area contributed by atoms with Gasteiger partial charge in [-0.05, 0) is 35.6 Å². The van der Waals surface area contributed by atoms with Gasteiger partial charge in [0.25, 0.3) is 0 Å². The molecule has 1 aromatic heterocycles. The Morgan fingerprint density at radius 2 is 2.22 bits per heavy atom. The molecule has 0 aliphatic carbocycles. The smallest absolute Gasteiger partial charge is 0.414 e. The first kappa shape index (κ1) is 16.4. The van der Waals surface area contributed by atoms with E-state index in [2.05, 4.69) is 27.3 Å². The van der Waals surface area contributed by atoms with Crippen molar-refractivity contribution in [1.29, 1.82) is 0 Å². The highest BCUT2D eigenvalue weighted by Gasteiger charge is 2.37. The number of nitrogens with one attached hydrogen (secondary N) is 1. The van der Waals surface area contributed by atoms with Crippen molar-refractivity contribution in [1.82, 2.24) is 14.9 Å². The molecule has 1 aromatic carbocycles. The first-order valence-electron chi connectivity index (χ1n) is 9.27. The Balaban J connectivity index is 1.17. The summed E-state index contributed by atoms with van der Waals surface area (Å²) < 4.78 is 13.3. The van der Waals surface area contributed by atoms with Crippen LogP contribution in [0.25, 0.3) is 0 Å². The predicted octanol–water partition coefficient (Wildman–Crippen LogP) is 1.57. The molecule has 2 aromatic rings. The molecule has 3 aliphatic heterocycles. The first-order chi connectivity index (χ1) is 13.2. The highest BCUT2D eigenvalue weighted by molar-refractivity contribution is 5.52. The van der Waals surface area contributed by atoms with E-state index >= 15 is 0 Å². The second-order valence-electron chi connectivity index (χ2n) is 7.31. The molecule has 0 radical (unpaired) electrons. The van der Waals surface area contributed by atoms with Crippen LogP contribution < -0.4 is 19.7 Å². The first-order valence-corrected chi connectivity index (χ1v) is 9.27. The highest BCUT2D eigenvalue weighted by Crippen LogP contribution is 2.30. The van der Waals surface area contributed by atoms with Crippen LogP contribution in [0.5, 0.6) is 11.8 Å². The monoisotopic (exact) mass is 371 g/mol. The van der Waals surface area contributed by atoms with E-state index in [-0.39, 0.29) is 17.9 Å². The van der Waals surface area contributed by atoms with Crippen molar-refractivity contribution >= 4 is 11.5 Å². The van der Waals surface area contributed by atoms with E-state index < -0.39 is 4.92 Å². The van der Waals surface area contributed by atoms with Crippen LogP contribution in [-0.2, 0) is 6.54 Å². The Hall–Kier alpha value is -2.81. The van der Waals surface area contributed by atoms with Gasteiger partial charge < -0.3 is 29.8 Å². The van der Waals surface area contributed by atoms with Gasteiger partial charge in [-0.25, -0.2) is 0 Å². The molecule has 4 heterocycles. The number of nitrogens with zero attached hydrogens (tertiary/aromatic N) is 4. The number of hydrogen-bond donors (Lipinski definition) is 1. The van der Waals surface area contributed by atoms with Gasteiger partial charge in [0.1, 0.15) is 24.7 Å². The summed E-state index contributed by atoms with van der Waals surface area (Å²) in [7, 11) is 0. The molecule has 2 fully saturated rings. The third kappa shape index (κ3) is 3.08. The zero-order valence-corrected chi connectivity index (χ0v) is 14.8. The van der Waals surface area contributed by atoms with Crippen molar-refractivity contribution in [3.05, 3.63) is 40.6 Å². The minimum Gasteiger partial charge on any atom is -0.490 e. The molecule has 2 saturated heterocycles. The Morgan fingerprint density at radius 1 is 1.37 bits per heavy atom. The zero-order valence-electron chi connectivity index (χ0n) is 14.8. The van der Waals surface area contributed by atoms with E-state index in [4.69, 9.17) is 9.47 Å². The van der Waals surface area contributed by atoms with Gasteiger partial charge >= 0.3 is 11.8 Å². The fourth-order valence-electron chi connectivity index (χ4n) is 4.14. The summed E-state index contributed by atoms with van der Waals surface area (Å²) in [6.45, 7) is 3.16. The van der Waals surface area contributed by atoms with E-state index in [9.17, 15) is 10.1 Å². The van der Waals surface area contributed by atoms with Crippen molar-refractivity contribution in [3.63, 3.8) is 0 Å². The number of aryl methyl sites for hydroxylation is 1. The molecule has 0 spiro atoms. The van der Waals surface area contributed by atoms with E-state index in [0.717, 1.165) is 25.3 Å². The Morgan fingerprint density at radius 3 is 2.93 bits per heavy atom. The molecule has 0 saturated carbocycles. The molecule has 142 valence electrons. The number of imidazole rings is 1. The topological polar surface area (TPSA) is 94.7 Å². The molecular formula is C18H21N5O4. The predicted molar refractivity (Wildman–Crippen MR) is 97.4 cm³/mol. The molecule has 3 unspecified atom stereocenters. The lowest BCUT2D eigenvalue weighted by atomic mass is 10.2. The Labute approximate surface area is 156 Å². The fraction of sp³-hybridized carbons (Fsp3) is 0.500. The van der Waals surface area contributed by atoms with Crippen LogP contribution in [0.3, 0.4) is 0 Å². The van der Waals surface area contributed by atoms with Crippen LogP contribution in [0.4, 0.5) is 11.5 Å². The molecule has 9 nitrogen and oxygen atoms in total. The number of ether oxygens (including phenoxy) is 2. The summed E-state index contributed by atoms with van der Waals surface area (Å²) in [5.74, 6) is 0.609. The normalized spacial score (nSPS) is 25.9. The standard InChI is InChI=1S/C18H21N5O4/c24-23(25)17-10-21-6-5-16(27-18(21)20-17)11-26-15-3-1-13(2-4-15)22-9-12-7-14(22)8-19-12/h1-4,10,12,14,16,19H,5-9,11H2. The average Bonchev–Trinajstić information content (AvgIpc) is 3.41. The SMILES string of the molecule is O=[N+]([O-])c1cn2c(n1)OC(COc1ccc(N3CC4CC3CN4)cc1)CC2. The molecule has 3 atom stereocenters. The number of benzene rings is 1. The largest absolute Gasteiger partial charge is 0.490 e. The van der Waals surface area contributed by atoms with E-state index in [1.807, 2.05) is 12.1 Å². The number of aromatic nitrogens is 2. The van der Waals surface area contributed by atoms with E-state index in [0.29, 0.717) is 25.2 Å². The quantitative estimate of drug-likeness (QED) is 0.630. The number of fused-ring (bicyclic) bond motifs is 3. The van der Waals surface area contributed by atoms with Gasteiger partial charge in [-0.2, -0.15) is 0 Å². The van der Waals surface area contributed by atoms with Crippen LogP contribution in [-0.4, -0.2) is 52.4 Å². The van der Waals surface area contributed by atoms with Gasteiger partial charge in [-0.15, -0.1) is 0 Å². The fourth-order valence-corrected chi connectivity index (χ4v) is 4.14. The summed E-state index contributed by atoms with van der Waals surface area (Å²) in [6, 6.07) is 9.70. The molecule has 0 amide bonds. The van der Waals surface area contributed by atoms with Gasteiger partial charge in [0.05, 0.1) is 0 Å². The summed E-state index contributed by atoms with van der Waals surface area (Å²) >= 11 is 0. The molecule has 2 bridgehead atoms. The molecule has 3 aliphatic rings. The molecule has 5 rings (SSSR count). The number of hydrogen-bond acceptors (Lipinski definition) is 7. The highest BCUT2D eigenvalue weighted by atomic mass is 16.6. The molecule has 27 heavy (non-hydrogen) atoms. The van der Waals surface area contributed by atoms with Crippen molar-refractivity contribution in [2.45, 2.75) is 37.6 Å². The second kappa shape index (κ2) is 6.41. The third-order valence-electron chi connectivity index (χ3n) is 5.54. The number of piperazine rings is 1. The summed E-state index contributed by atoms with van der Waals surface area (Å²) in [5, 5.41) is 14.3. The molecule has 9 heteroatoms. The molecule has 1 N–H and O–H groups in total. The van der Waals surface area contributed by atoms with Crippen LogP contribution in [0.2, 0.25) is 0 Å². The minimum atomic E-state index is -0.510. The molecular weight excluding hydrogens is 350 g/mol. The van der Waals surface area contributed by atoms with Crippen molar-refractivity contribution in [3.8, 4) is 11.8 Å². The van der Waals surface area contributed by atoms with Crippen LogP contribution in [0.1, 0.15) is 12.8 Å². The summed E-state index contributed by atoms with van der Waals surface area (Å²) in [6.07, 6.45) is 3.19. The average molecular weight is 371 g/mol. The van der Waals surface area contributed by atoms with E-state index in [1.54, 1.807) is 4.57 Å². The Kier molecular flexibility index (Phi) is 3.89. The van der Waals surface area contributed by atoms with E-state index in [1.165, 1.54) is 18.3 Å². The van der Waals surface area contributed by atoms with Gasteiger partial charge in [-0.3, -0.25) is 4.57 Å². The van der Waals surface area contributed by atoms with Gasteiger partial charge in [0.2, 0.25) is 0 Å². The maximum Gasteiger partial charge on any atom is 0.414 e. The number of rotatable bonds is 5. The van der Waals surface area contributed by atoms with Gasteiger partial charge in [-0.1, -0.05) is 0 Å². The minimum absolute atomic E-state index is 0.167. The summed E-state index contributed by atoms with van der Waals surface area (Å²) in [5.41, 5.74) is 1.24. The van der Waals surface area contributed by atoms with Crippen molar-refractivity contribution in [2.75, 3.05) is 24.6 Å². The second-order valence-corrected chi connectivity index (χ2v) is 7.31. The number of anilines is 1. The third-order valence-corrected chi connectivity index (χ3v) is 5.54. The maximum atomic E-state index is 10.8. The lowest BCUT2D eigenvalue weighted by Crippen LogP contribution is -2.43. The lowest BCUT2D eigenvalue weighted by molar-refractivity contribution is -0.389. The number of nitro groups is 1. The van der Waals surface area contributed by atoms with Gasteiger partial charge in [0, 0.05) is 48.8 Å². The van der Waals surface area contributed by atoms with Crippen LogP contribution >= 0.6 is 0 Å². The van der Waals surface area contributed by atoms with Crippen LogP contribution in [0, 0.1) is 10.1 Å². The van der Waals surface area contributed by atoms with Crippen molar-refractivity contribution < 1.29 is 14.4 Å². The van der Waals surface area contributed by atoms with Crippen molar-refractivity contribution in [2.24, 2.45) is 0 Å². The van der Waals surface area contributed by atoms with Gasteiger partial charge in [0.15, 0.2) is 0 Å². The van der Waals surface area contributed by atoms with Crippen LogP contribution in [0.15, 0.2) is 30.5 Å².